The molecule has 1 amide bonds. The first-order chi connectivity index (χ1) is 8.81. The average Bonchev–Trinajstić information content (AvgIpc) is 2.26. The number of carboxylic acid groups (broad SMARTS) is 1. The minimum atomic E-state index is -1.06. The number of carbonyl (C=O) groups excluding carboxylic acids is 1. The maximum Gasteiger partial charge on any atom is 0.305 e. The second-order valence-corrected chi connectivity index (χ2v) is 4.55. The normalized spacial score (nSPS) is 12.3. The van der Waals surface area contributed by atoms with Crippen LogP contribution in [-0.4, -0.2) is 23.0 Å². The molecule has 0 aromatic heterocycles. The topological polar surface area (TPSA) is 66.4 Å². The zero-order chi connectivity index (χ0) is 14.6. The average molecular weight is 271 g/mol. The smallest absolute Gasteiger partial charge is 0.305 e. The fraction of sp³-hybridized carbons (Fsp3) is 0.385. The third-order valence-corrected chi connectivity index (χ3v) is 2.69. The van der Waals surface area contributed by atoms with E-state index in [0.717, 1.165) is 12.1 Å². The summed E-state index contributed by atoms with van der Waals surface area (Å²) < 4.78 is 26.1. The maximum atomic E-state index is 13.4. The van der Waals surface area contributed by atoms with E-state index < -0.39 is 29.6 Å². The molecule has 6 heteroatoms. The molecule has 19 heavy (non-hydrogen) atoms. The standard InChI is InChI=1S/C13H15F2NO3/c1-7(2)11(6-12(17)18)16-13(19)9-4-3-8(14)5-10(9)15/h3-5,7,11H,6H2,1-2H3,(H,16,19)(H,17,18). The molecule has 1 aromatic carbocycles. The van der Waals surface area contributed by atoms with Gasteiger partial charge in [-0.25, -0.2) is 8.78 Å². The molecule has 0 fully saturated rings. The fourth-order valence-corrected chi connectivity index (χ4v) is 1.56. The van der Waals surface area contributed by atoms with Crippen LogP contribution in [0.2, 0.25) is 0 Å². The van der Waals surface area contributed by atoms with E-state index in [1.807, 2.05) is 0 Å². The molecule has 2 N–H and O–H groups in total. The summed E-state index contributed by atoms with van der Waals surface area (Å²) in [5, 5.41) is 11.2. The SMILES string of the molecule is CC(C)C(CC(=O)O)NC(=O)c1ccc(F)cc1F. The highest BCUT2D eigenvalue weighted by Crippen LogP contribution is 2.12. The van der Waals surface area contributed by atoms with Gasteiger partial charge in [0, 0.05) is 12.1 Å². The monoisotopic (exact) mass is 271 g/mol. The number of hydrogen-bond acceptors (Lipinski definition) is 2. The highest BCUT2D eigenvalue weighted by atomic mass is 19.1. The number of carboxylic acids is 1. The van der Waals surface area contributed by atoms with Crippen LogP contribution >= 0.6 is 0 Å². The van der Waals surface area contributed by atoms with Gasteiger partial charge in [0.15, 0.2) is 0 Å². The molecule has 104 valence electrons. The maximum absolute atomic E-state index is 13.4. The van der Waals surface area contributed by atoms with Gasteiger partial charge in [0.1, 0.15) is 11.6 Å². The number of halogens is 2. The minimum absolute atomic E-state index is 0.122. The molecule has 0 aliphatic rings. The van der Waals surface area contributed by atoms with E-state index in [2.05, 4.69) is 5.32 Å². The molecule has 0 aliphatic heterocycles. The van der Waals surface area contributed by atoms with Gasteiger partial charge >= 0.3 is 5.97 Å². The van der Waals surface area contributed by atoms with Gasteiger partial charge in [0.25, 0.3) is 5.91 Å². The van der Waals surface area contributed by atoms with E-state index in [-0.39, 0.29) is 17.9 Å². The van der Waals surface area contributed by atoms with Crippen molar-refractivity contribution in [1.29, 1.82) is 0 Å². The number of amides is 1. The lowest BCUT2D eigenvalue weighted by atomic mass is 10.0. The lowest BCUT2D eigenvalue weighted by molar-refractivity contribution is -0.137. The molecular weight excluding hydrogens is 256 g/mol. The summed E-state index contributed by atoms with van der Waals surface area (Å²) in [6, 6.07) is 1.99. The van der Waals surface area contributed by atoms with Crippen molar-refractivity contribution < 1.29 is 23.5 Å². The van der Waals surface area contributed by atoms with Crippen molar-refractivity contribution in [3.8, 4) is 0 Å². The predicted octanol–water partition coefficient (Wildman–Crippen LogP) is 2.19. The molecule has 0 aliphatic carbocycles. The van der Waals surface area contributed by atoms with Gasteiger partial charge in [0.05, 0.1) is 12.0 Å². The zero-order valence-corrected chi connectivity index (χ0v) is 10.6. The highest BCUT2D eigenvalue weighted by molar-refractivity contribution is 5.94. The number of benzene rings is 1. The van der Waals surface area contributed by atoms with Gasteiger partial charge in [-0.1, -0.05) is 13.8 Å². The molecule has 1 aromatic rings. The van der Waals surface area contributed by atoms with Crippen LogP contribution in [0.5, 0.6) is 0 Å². The second kappa shape index (κ2) is 6.26. The fourth-order valence-electron chi connectivity index (χ4n) is 1.56. The Morgan fingerprint density at radius 1 is 1.32 bits per heavy atom. The van der Waals surface area contributed by atoms with Crippen molar-refractivity contribution in [3.63, 3.8) is 0 Å². The molecule has 1 rings (SSSR count). The van der Waals surface area contributed by atoms with E-state index >= 15 is 0 Å². The van der Waals surface area contributed by atoms with Crippen molar-refractivity contribution in [2.45, 2.75) is 26.3 Å². The largest absolute Gasteiger partial charge is 0.481 e. The van der Waals surface area contributed by atoms with E-state index in [1.54, 1.807) is 13.8 Å². The van der Waals surface area contributed by atoms with E-state index in [1.165, 1.54) is 0 Å². The summed E-state index contributed by atoms with van der Waals surface area (Å²) in [5.74, 6) is -3.69. The van der Waals surface area contributed by atoms with Gasteiger partial charge in [0.2, 0.25) is 0 Å². The summed E-state index contributed by atoms with van der Waals surface area (Å²) in [6.45, 7) is 3.49. The molecule has 0 bridgehead atoms. The molecule has 0 saturated carbocycles. The zero-order valence-electron chi connectivity index (χ0n) is 10.6. The van der Waals surface area contributed by atoms with Crippen LogP contribution in [0.3, 0.4) is 0 Å². The van der Waals surface area contributed by atoms with E-state index in [4.69, 9.17) is 5.11 Å². The number of aliphatic carboxylic acids is 1. The third kappa shape index (κ3) is 4.31. The molecule has 1 unspecified atom stereocenters. The molecule has 0 saturated heterocycles. The first-order valence-electron chi connectivity index (χ1n) is 5.79. The summed E-state index contributed by atoms with van der Waals surface area (Å²) >= 11 is 0. The van der Waals surface area contributed by atoms with Gasteiger partial charge in [-0.3, -0.25) is 9.59 Å². The number of nitrogens with one attached hydrogen (secondary N) is 1. The Kier molecular flexibility index (Phi) is 4.97. The second-order valence-electron chi connectivity index (χ2n) is 4.55. The van der Waals surface area contributed by atoms with Gasteiger partial charge in [-0.15, -0.1) is 0 Å². The number of carbonyl (C=O) groups is 2. The number of rotatable bonds is 5. The lowest BCUT2D eigenvalue weighted by Crippen LogP contribution is -2.40. The lowest BCUT2D eigenvalue weighted by Gasteiger charge is -2.20. The van der Waals surface area contributed by atoms with Gasteiger partial charge in [-0.2, -0.15) is 0 Å². The molecule has 1 atom stereocenters. The Bertz CT molecular complexity index is 489. The van der Waals surface area contributed by atoms with Gasteiger partial charge < -0.3 is 10.4 Å². The van der Waals surface area contributed by atoms with Crippen molar-refractivity contribution in [2.75, 3.05) is 0 Å². The number of hydrogen-bond donors (Lipinski definition) is 2. The molecule has 0 radical (unpaired) electrons. The Morgan fingerprint density at radius 2 is 1.95 bits per heavy atom. The van der Waals surface area contributed by atoms with Crippen LogP contribution in [0.15, 0.2) is 18.2 Å². The summed E-state index contributed by atoms with van der Waals surface area (Å²) in [5.41, 5.74) is -0.308. The first-order valence-corrected chi connectivity index (χ1v) is 5.79. The van der Waals surface area contributed by atoms with Crippen LogP contribution in [0.4, 0.5) is 8.78 Å². The summed E-state index contributed by atoms with van der Waals surface area (Å²) in [6.07, 6.45) is -0.258. The first kappa shape index (κ1) is 15.1. The molecule has 4 nitrogen and oxygen atoms in total. The Balaban J connectivity index is 2.84. The molecule has 0 heterocycles. The van der Waals surface area contributed by atoms with Crippen molar-refractivity contribution in [3.05, 3.63) is 35.4 Å². The van der Waals surface area contributed by atoms with Crippen molar-refractivity contribution >= 4 is 11.9 Å². The van der Waals surface area contributed by atoms with Crippen LogP contribution in [-0.2, 0) is 4.79 Å². The van der Waals surface area contributed by atoms with Gasteiger partial charge in [-0.05, 0) is 18.1 Å². The highest BCUT2D eigenvalue weighted by Gasteiger charge is 2.21. The van der Waals surface area contributed by atoms with Crippen molar-refractivity contribution in [2.24, 2.45) is 5.92 Å². The van der Waals surface area contributed by atoms with Crippen LogP contribution in [0.25, 0.3) is 0 Å². The Hall–Kier alpha value is -1.98. The minimum Gasteiger partial charge on any atom is -0.481 e. The van der Waals surface area contributed by atoms with Crippen LogP contribution < -0.4 is 5.32 Å². The molecule has 0 spiro atoms. The van der Waals surface area contributed by atoms with E-state index in [0.29, 0.717) is 6.07 Å². The molecular formula is C13H15F2NO3. The van der Waals surface area contributed by atoms with E-state index in [9.17, 15) is 18.4 Å². The third-order valence-electron chi connectivity index (χ3n) is 2.69. The Labute approximate surface area is 109 Å². The summed E-state index contributed by atoms with van der Waals surface area (Å²) in [4.78, 5) is 22.5. The van der Waals surface area contributed by atoms with Crippen LogP contribution in [0, 0.1) is 17.6 Å². The predicted molar refractivity (Wildman–Crippen MR) is 64.7 cm³/mol. The van der Waals surface area contributed by atoms with Crippen LogP contribution in [0.1, 0.15) is 30.6 Å². The quantitative estimate of drug-likeness (QED) is 0.862. The summed E-state index contributed by atoms with van der Waals surface area (Å²) in [7, 11) is 0. The van der Waals surface area contributed by atoms with Crippen molar-refractivity contribution in [1.82, 2.24) is 5.32 Å². The Morgan fingerprint density at radius 3 is 2.42 bits per heavy atom.